The lowest BCUT2D eigenvalue weighted by molar-refractivity contribution is -0.385. The van der Waals surface area contributed by atoms with Crippen LogP contribution >= 0.6 is 11.6 Å². The zero-order valence-electron chi connectivity index (χ0n) is 11.5. The van der Waals surface area contributed by atoms with Gasteiger partial charge in [0.05, 0.1) is 17.1 Å². The molecule has 0 radical (unpaired) electrons. The van der Waals surface area contributed by atoms with E-state index < -0.39 is 22.1 Å². The molecule has 1 aromatic rings. The van der Waals surface area contributed by atoms with Crippen LogP contribution in [-0.2, 0) is 0 Å². The monoisotopic (exact) mass is 312 g/mol. The number of carbonyl (C=O) groups is 1. The number of benzene rings is 1. The molecular weight excluding hydrogens is 296 g/mol. The maximum Gasteiger partial charge on any atom is 0.300 e. The summed E-state index contributed by atoms with van der Waals surface area (Å²) in [6.45, 7) is -0.174. The minimum atomic E-state index is -0.689. The first kappa shape index (κ1) is 15.7. The van der Waals surface area contributed by atoms with Gasteiger partial charge in [-0.05, 0) is 25.0 Å². The van der Waals surface area contributed by atoms with Gasteiger partial charge in [-0.3, -0.25) is 14.9 Å². The van der Waals surface area contributed by atoms with Gasteiger partial charge in [-0.15, -0.1) is 0 Å². The lowest BCUT2D eigenvalue weighted by atomic mass is 9.82. The molecule has 1 fully saturated rings. The van der Waals surface area contributed by atoms with Crippen molar-refractivity contribution in [3.63, 3.8) is 0 Å². The van der Waals surface area contributed by atoms with Crippen LogP contribution in [0.1, 0.15) is 42.5 Å². The van der Waals surface area contributed by atoms with Gasteiger partial charge in [-0.25, -0.2) is 0 Å². The van der Waals surface area contributed by atoms with Crippen LogP contribution in [0.5, 0.6) is 0 Å². The van der Waals surface area contributed by atoms with Crippen LogP contribution in [0.15, 0.2) is 18.2 Å². The molecule has 0 bridgehead atoms. The molecule has 21 heavy (non-hydrogen) atoms. The van der Waals surface area contributed by atoms with E-state index >= 15 is 0 Å². The molecule has 1 aliphatic carbocycles. The summed E-state index contributed by atoms with van der Waals surface area (Å²) in [7, 11) is 0. The van der Waals surface area contributed by atoms with Crippen molar-refractivity contribution in [1.29, 1.82) is 0 Å². The van der Waals surface area contributed by atoms with Gasteiger partial charge >= 0.3 is 5.69 Å². The van der Waals surface area contributed by atoms with Crippen molar-refractivity contribution in [2.45, 2.75) is 37.6 Å². The van der Waals surface area contributed by atoms with Gasteiger partial charge in [-0.2, -0.15) is 0 Å². The lowest BCUT2D eigenvalue weighted by Crippen LogP contribution is -2.52. The lowest BCUT2D eigenvalue weighted by Gasteiger charge is -2.36. The van der Waals surface area contributed by atoms with Crippen LogP contribution in [0.4, 0.5) is 5.69 Å². The number of carbonyl (C=O) groups excluding carboxylic acids is 1. The molecule has 0 aliphatic heterocycles. The van der Waals surface area contributed by atoms with Gasteiger partial charge in [0.1, 0.15) is 10.6 Å². The van der Waals surface area contributed by atoms with Crippen molar-refractivity contribution < 1.29 is 14.8 Å². The minimum Gasteiger partial charge on any atom is -0.394 e. The van der Waals surface area contributed by atoms with Crippen molar-refractivity contribution in [2.24, 2.45) is 0 Å². The Hall–Kier alpha value is -1.66. The van der Waals surface area contributed by atoms with Crippen molar-refractivity contribution in [2.75, 3.05) is 6.61 Å². The first-order chi connectivity index (χ1) is 9.99. The summed E-state index contributed by atoms with van der Waals surface area (Å²) in [6, 6.07) is 4.24. The average Bonchev–Trinajstić information content (AvgIpc) is 2.47. The number of nitrogens with zero attached hydrogens (tertiary/aromatic N) is 1. The van der Waals surface area contributed by atoms with Gasteiger partial charge in [0.15, 0.2) is 0 Å². The number of nitrogens with one attached hydrogen (secondary N) is 1. The van der Waals surface area contributed by atoms with Gasteiger partial charge in [-0.1, -0.05) is 36.9 Å². The molecule has 0 atom stereocenters. The van der Waals surface area contributed by atoms with Gasteiger partial charge in [0.2, 0.25) is 0 Å². The number of halogens is 1. The zero-order chi connectivity index (χ0) is 15.5. The molecule has 1 amide bonds. The second kappa shape index (κ2) is 6.41. The highest BCUT2D eigenvalue weighted by Gasteiger charge is 2.35. The van der Waals surface area contributed by atoms with E-state index in [1.807, 2.05) is 0 Å². The summed E-state index contributed by atoms with van der Waals surface area (Å²) in [5.41, 5.74) is -1.17. The zero-order valence-corrected chi connectivity index (χ0v) is 12.2. The van der Waals surface area contributed by atoms with Crippen LogP contribution in [0.3, 0.4) is 0 Å². The Labute approximate surface area is 127 Å². The first-order valence-electron chi connectivity index (χ1n) is 6.85. The van der Waals surface area contributed by atoms with E-state index in [1.165, 1.54) is 18.2 Å². The van der Waals surface area contributed by atoms with Crippen LogP contribution in [0.25, 0.3) is 0 Å². The summed E-state index contributed by atoms with van der Waals surface area (Å²) < 4.78 is 0. The maximum absolute atomic E-state index is 12.4. The third-order valence-corrected chi connectivity index (χ3v) is 4.21. The Kier molecular flexibility index (Phi) is 4.80. The van der Waals surface area contributed by atoms with E-state index in [2.05, 4.69) is 5.32 Å². The van der Waals surface area contributed by atoms with Crippen molar-refractivity contribution in [1.82, 2.24) is 5.32 Å². The third kappa shape index (κ3) is 3.33. The number of rotatable bonds is 4. The fraction of sp³-hybridized carbons (Fsp3) is 0.500. The highest BCUT2D eigenvalue weighted by atomic mass is 35.5. The molecule has 1 aromatic carbocycles. The predicted molar refractivity (Wildman–Crippen MR) is 78.5 cm³/mol. The van der Waals surface area contributed by atoms with Crippen LogP contribution in [0.2, 0.25) is 5.02 Å². The number of amides is 1. The number of para-hydroxylation sites is 1. The van der Waals surface area contributed by atoms with Gasteiger partial charge < -0.3 is 10.4 Å². The number of aliphatic hydroxyl groups is 1. The molecule has 0 unspecified atom stereocenters. The topological polar surface area (TPSA) is 92.5 Å². The molecule has 0 spiro atoms. The van der Waals surface area contributed by atoms with Crippen molar-refractivity contribution in [3.05, 3.63) is 38.9 Å². The largest absolute Gasteiger partial charge is 0.394 e. The Morgan fingerprint density at radius 1 is 1.38 bits per heavy atom. The van der Waals surface area contributed by atoms with Gasteiger partial charge in [0.25, 0.3) is 5.91 Å². The van der Waals surface area contributed by atoms with E-state index in [0.717, 1.165) is 19.3 Å². The summed E-state index contributed by atoms with van der Waals surface area (Å²) in [5.74, 6) is -0.569. The number of nitro groups is 1. The maximum atomic E-state index is 12.4. The molecule has 114 valence electrons. The Morgan fingerprint density at radius 3 is 2.62 bits per heavy atom. The molecular formula is C14H17ClN2O4. The fourth-order valence-corrected chi connectivity index (χ4v) is 2.99. The van der Waals surface area contributed by atoms with E-state index in [9.17, 15) is 20.0 Å². The Bertz CT molecular complexity index is 556. The van der Waals surface area contributed by atoms with E-state index in [0.29, 0.717) is 12.8 Å². The molecule has 0 aromatic heterocycles. The van der Waals surface area contributed by atoms with Crippen LogP contribution in [0, 0.1) is 10.1 Å². The highest BCUT2D eigenvalue weighted by molar-refractivity contribution is 6.33. The van der Waals surface area contributed by atoms with E-state index in [-0.39, 0.29) is 17.2 Å². The molecule has 7 heteroatoms. The fourth-order valence-electron chi connectivity index (χ4n) is 2.74. The summed E-state index contributed by atoms with van der Waals surface area (Å²) in [4.78, 5) is 22.8. The number of hydrogen-bond donors (Lipinski definition) is 2. The molecule has 0 heterocycles. The Morgan fingerprint density at radius 2 is 2.05 bits per heavy atom. The standard InChI is InChI=1S/C14H17ClN2O4/c15-11-6-4-5-10(12(11)17(20)21)13(19)16-14(9-18)7-2-1-3-8-14/h4-6,18H,1-3,7-9H2,(H,16,19). The third-order valence-electron chi connectivity index (χ3n) is 3.91. The summed E-state index contributed by atoms with van der Waals surface area (Å²) in [5, 5.41) is 23.4. The SMILES string of the molecule is O=C(NC1(CO)CCCCC1)c1cccc(Cl)c1[N+](=O)[O-]. The molecule has 6 nitrogen and oxygen atoms in total. The number of aliphatic hydroxyl groups excluding tert-OH is 1. The average molecular weight is 313 g/mol. The van der Waals surface area contributed by atoms with Crippen LogP contribution < -0.4 is 5.32 Å². The van der Waals surface area contributed by atoms with Crippen molar-refractivity contribution >= 4 is 23.2 Å². The quantitative estimate of drug-likeness (QED) is 0.660. The van der Waals surface area contributed by atoms with Gasteiger partial charge in [0, 0.05) is 0 Å². The molecule has 2 rings (SSSR count). The number of hydrogen-bond acceptors (Lipinski definition) is 4. The highest BCUT2D eigenvalue weighted by Crippen LogP contribution is 2.31. The van der Waals surface area contributed by atoms with Crippen LogP contribution in [-0.4, -0.2) is 28.1 Å². The van der Waals surface area contributed by atoms with Crippen molar-refractivity contribution in [3.8, 4) is 0 Å². The first-order valence-corrected chi connectivity index (χ1v) is 7.23. The minimum absolute atomic E-state index is 0.0747. The molecule has 1 aliphatic rings. The molecule has 0 saturated heterocycles. The molecule has 2 N–H and O–H groups in total. The predicted octanol–water partition coefficient (Wildman–Crippen LogP) is 2.67. The Balaban J connectivity index is 2.28. The number of nitro benzene ring substituents is 1. The van der Waals surface area contributed by atoms with E-state index in [4.69, 9.17) is 11.6 Å². The smallest absolute Gasteiger partial charge is 0.300 e. The van der Waals surface area contributed by atoms with E-state index in [1.54, 1.807) is 0 Å². The second-order valence-corrected chi connectivity index (χ2v) is 5.75. The summed E-state index contributed by atoms with van der Waals surface area (Å²) in [6.07, 6.45) is 4.24. The molecule has 1 saturated carbocycles. The second-order valence-electron chi connectivity index (χ2n) is 5.35. The normalized spacial score (nSPS) is 17.2. The summed E-state index contributed by atoms with van der Waals surface area (Å²) >= 11 is 5.81.